The number of ketones is 2. The number of hydrogen-bond acceptors (Lipinski definition) is 2. The normalized spacial score (nSPS) is 11.5. The lowest BCUT2D eigenvalue weighted by atomic mass is 9.86. The van der Waals surface area contributed by atoms with Crippen LogP contribution in [0.1, 0.15) is 137 Å². The van der Waals surface area contributed by atoms with Crippen molar-refractivity contribution in [2.75, 3.05) is 0 Å². The van der Waals surface area contributed by atoms with Crippen LogP contribution in [-0.2, 0) is 9.59 Å². The first-order chi connectivity index (χ1) is 13.0. The monoisotopic (exact) mass is 380 g/mol. The first-order valence-corrected chi connectivity index (χ1v) is 12.0. The molecule has 0 radical (unpaired) electrons. The van der Waals surface area contributed by atoms with Gasteiger partial charge in [0.2, 0.25) is 0 Å². The largest absolute Gasteiger partial charge is 0.300 e. The first kappa shape index (κ1) is 26.3. The van der Waals surface area contributed by atoms with Crippen molar-refractivity contribution in [1.29, 1.82) is 0 Å². The molecule has 0 bridgehead atoms. The molecule has 0 aromatic heterocycles. The molecular formula is C25H48O2. The zero-order valence-corrected chi connectivity index (χ0v) is 19.0. The highest BCUT2D eigenvalue weighted by Crippen LogP contribution is 2.23. The predicted octanol–water partition coefficient (Wildman–Crippen LogP) is 8.07. The molecule has 0 rings (SSSR count). The standard InChI is InChI=1S/C25H48O2/c1-5-7-9-11-13-15-17-24(26)20-23(19-22(3)4)21-25(27)18-16-14-12-10-8-6-2/h22-23H,5-21H2,1-4H3. The maximum Gasteiger partial charge on any atom is 0.133 e. The molecule has 0 aromatic rings. The maximum atomic E-state index is 12.4. The van der Waals surface area contributed by atoms with E-state index in [9.17, 15) is 9.59 Å². The molecule has 0 amide bonds. The van der Waals surface area contributed by atoms with Gasteiger partial charge < -0.3 is 0 Å². The van der Waals surface area contributed by atoms with E-state index in [1.165, 1.54) is 64.2 Å². The molecule has 2 nitrogen and oxygen atoms in total. The van der Waals surface area contributed by atoms with Gasteiger partial charge in [-0.15, -0.1) is 0 Å². The zero-order chi connectivity index (χ0) is 20.3. The number of carbonyl (C=O) groups excluding carboxylic acids is 2. The fourth-order valence-corrected chi connectivity index (χ4v) is 3.96. The molecule has 0 aliphatic rings. The van der Waals surface area contributed by atoms with Gasteiger partial charge in [-0.25, -0.2) is 0 Å². The summed E-state index contributed by atoms with van der Waals surface area (Å²) in [6.45, 7) is 8.85. The lowest BCUT2D eigenvalue weighted by Crippen LogP contribution is -2.15. The van der Waals surface area contributed by atoms with Crippen LogP contribution in [0.2, 0.25) is 0 Å². The summed E-state index contributed by atoms with van der Waals surface area (Å²) in [4.78, 5) is 24.7. The van der Waals surface area contributed by atoms with Crippen LogP contribution < -0.4 is 0 Å². The summed E-state index contributed by atoms with van der Waals surface area (Å²) in [5.74, 6) is 1.58. The van der Waals surface area contributed by atoms with E-state index in [4.69, 9.17) is 0 Å². The Morgan fingerprint density at radius 2 is 0.963 bits per heavy atom. The van der Waals surface area contributed by atoms with Gasteiger partial charge in [-0.05, 0) is 31.1 Å². The van der Waals surface area contributed by atoms with Crippen LogP contribution in [0, 0.1) is 11.8 Å². The van der Waals surface area contributed by atoms with E-state index in [2.05, 4.69) is 27.7 Å². The molecule has 0 heterocycles. The summed E-state index contributed by atoms with van der Waals surface area (Å²) < 4.78 is 0. The predicted molar refractivity (Wildman–Crippen MR) is 118 cm³/mol. The molecule has 2 heteroatoms. The smallest absolute Gasteiger partial charge is 0.133 e. The summed E-state index contributed by atoms with van der Waals surface area (Å²) in [6.07, 6.45) is 18.4. The zero-order valence-electron chi connectivity index (χ0n) is 19.0. The fourth-order valence-electron chi connectivity index (χ4n) is 3.96. The average Bonchev–Trinajstić information content (AvgIpc) is 2.60. The van der Waals surface area contributed by atoms with Gasteiger partial charge in [0.1, 0.15) is 11.6 Å². The summed E-state index contributed by atoms with van der Waals surface area (Å²) in [6, 6.07) is 0. The van der Waals surface area contributed by atoms with Gasteiger partial charge in [-0.1, -0.05) is 91.9 Å². The molecule has 0 aromatic carbocycles. The van der Waals surface area contributed by atoms with Gasteiger partial charge in [0.25, 0.3) is 0 Å². The third kappa shape index (κ3) is 18.5. The second-order valence-corrected chi connectivity index (χ2v) is 9.02. The molecule has 27 heavy (non-hydrogen) atoms. The van der Waals surface area contributed by atoms with Gasteiger partial charge in [-0.2, -0.15) is 0 Å². The molecule has 160 valence electrons. The number of unbranched alkanes of at least 4 members (excludes halogenated alkanes) is 10. The van der Waals surface area contributed by atoms with E-state index in [0.717, 1.165) is 19.3 Å². The Kier molecular flexibility index (Phi) is 18.2. The van der Waals surface area contributed by atoms with Crippen molar-refractivity contribution < 1.29 is 9.59 Å². The van der Waals surface area contributed by atoms with E-state index in [1.807, 2.05) is 0 Å². The van der Waals surface area contributed by atoms with Crippen molar-refractivity contribution >= 4 is 11.6 Å². The van der Waals surface area contributed by atoms with Crippen molar-refractivity contribution in [3.05, 3.63) is 0 Å². The van der Waals surface area contributed by atoms with Crippen LogP contribution in [0.4, 0.5) is 0 Å². The Morgan fingerprint density at radius 1 is 0.593 bits per heavy atom. The van der Waals surface area contributed by atoms with Crippen LogP contribution in [0.5, 0.6) is 0 Å². The molecule has 0 spiro atoms. The lowest BCUT2D eigenvalue weighted by Gasteiger charge is -2.18. The SMILES string of the molecule is CCCCCCCCC(=O)CC(CC(=O)CCCCCCCC)CC(C)C. The Morgan fingerprint density at radius 3 is 1.33 bits per heavy atom. The lowest BCUT2D eigenvalue weighted by molar-refractivity contribution is -0.122. The third-order valence-electron chi connectivity index (χ3n) is 5.46. The van der Waals surface area contributed by atoms with Crippen molar-refractivity contribution in [2.24, 2.45) is 11.8 Å². The molecule has 0 aliphatic carbocycles. The van der Waals surface area contributed by atoms with Crippen molar-refractivity contribution in [3.63, 3.8) is 0 Å². The summed E-state index contributed by atoms with van der Waals surface area (Å²) in [7, 11) is 0. The summed E-state index contributed by atoms with van der Waals surface area (Å²) in [5.41, 5.74) is 0. The minimum atomic E-state index is 0.269. The highest BCUT2D eigenvalue weighted by Gasteiger charge is 2.18. The maximum absolute atomic E-state index is 12.4. The van der Waals surface area contributed by atoms with Crippen molar-refractivity contribution in [1.82, 2.24) is 0 Å². The van der Waals surface area contributed by atoms with Crippen LogP contribution in [0.3, 0.4) is 0 Å². The topological polar surface area (TPSA) is 34.1 Å². The Labute approximate surface area is 170 Å². The van der Waals surface area contributed by atoms with Gasteiger partial charge in [0.15, 0.2) is 0 Å². The molecule has 0 saturated carbocycles. The number of rotatable bonds is 20. The van der Waals surface area contributed by atoms with Gasteiger partial charge in [0.05, 0.1) is 0 Å². The fraction of sp³-hybridized carbons (Fsp3) is 0.920. The van der Waals surface area contributed by atoms with Crippen molar-refractivity contribution in [3.8, 4) is 0 Å². The third-order valence-corrected chi connectivity index (χ3v) is 5.46. The van der Waals surface area contributed by atoms with Gasteiger partial charge in [0, 0.05) is 25.7 Å². The highest BCUT2D eigenvalue weighted by molar-refractivity contribution is 5.81. The van der Waals surface area contributed by atoms with Crippen molar-refractivity contribution in [2.45, 2.75) is 137 Å². The number of carbonyl (C=O) groups is 2. The summed E-state index contributed by atoms with van der Waals surface area (Å²) in [5, 5.41) is 0. The Hall–Kier alpha value is -0.660. The van der Waals surface area contributed by atoms with E-state index >= 15 is 0 Å². The van der Waals surface area contributed by atoms with Crippen LogP contribution in [0.25, 0.3) is 0 Å². The molecule has 0 aliphatic heterocycles. The van der Waals surface area contributed by atoms with Gasteiger partial charge in [-0.3, -0.25) is 9.59 Å². The molecule has 0 atom stereocenters. The number of hydrogen-bond donors (Lipinski definition) is 0. The second kappa shape index (κ2) is 18.7. The second-order valence-electron chi connectivity index (χ2n) is 9.02. The minimum absolute atomic E-state index is 0.269. The summed E-state index contributed by atoms with van der Waals surface area (Å²) >= 11 is 0. The Balaban J connectivity index is 4.03. The molecule has 0 unspecified atom stereocenters. The van der Waals surface area contributed by atoms with Crippen LogP contribution in [0.15, 0.2) is 0 Å². The molecule has 0 saturated heterocycles. The van der Waals surface area contributed by atoms with Gasteiger partial charge >= 0.3 is 0 Å². The average molecular weight is 381 g/mol. The van der Waals surface area contributed by atoms with E-state index < -0.39 is 0 Å². The van der Waals surface area contributed by atoms with E-state index in [0.29, 0.717) is 43.2 Å². The first-order valence-electron chi connectivity index (χ1n) is 12.0. The van der Waals surface area contributed by atoms with E-state index in [1.54, 1.807) is 0 Å². The van der Waals surface area contributed by atoms with Crippen LogP contribution in [-0.4, -0.2) is 11.6 Å². The molecule has 0 fully saturated rings. The molecule has 0 N–H and O–H groups in total. The quantitative estimate of drug-likeness (QED) is 0.200. The number of Topliss-reactive ketones (excluding diaryl/α,β-unsaturated/α-hetero) is 2. The van der Waals surface area contributed by atoms with Crippen LogP contribution >= 0.6 is 0 Å². The minimum Gasteiger partial charge on any atom is -0.300 e. The highest BCUT2D eigenvalue weighted by atomic mass is 16.1. The Bertz CT molecular complexity index is 329. The molecular weight excluding hydrogens is 332 g/mol. The van der Waals surface area contributed by atoms with E-state index in [-0.39, 0.29) is 5.92 Å².